The first kappa shape index (κ1) is 25.0. The summed E-state index contributed by atoms with van der Waals surface area (Å²) >= 11 is 0. The summed E-state index contributed by atoms with van der Waals surface area (Å²) in [5, 5.41) is 6.59. The smallest absolute Gasteiger partial charge is 0.264 e. The highest BCUT2D eigenvalue weighted by Crippen LogP contribution is 2.34. The zero-order chi connectivity index (χ0) is 25.3. The number of rotatable bonds is 8. The molecule has 4 saturated heterocycles. The molecular weight excluding hydrogens is 468 g/mol. The lowest BCUT2D eigenvalue weighted by molar-refractivity contribution is -0.124. The molecule has 0 saturated carbocycles. The zero-order valence-corrected chi connectivity index (χ0v) is 20.8. The number of ether oxygens (including phenoxy) is 2. The van der Waals surface area contributed by atoms with Crippen molar-refractivity contribution in [3.05, 3.63) is 52.0 Å². The van der Waals surface area contributed by atoms with Crippen molar-refractivity contribution >= 4 is 11.7 Å². The summed E-state index contributed by atoms with van der Waals surface area (Å²) in [5.41, 5.74) is 2.30. The first-order chi connectivity index (χ1) is 17.3. The lowest BCUT2D eigenvalue weighted by atomic mass is 9.80. The summed E-state index contributed by atoms with van der Waals surface area (Å²) in [4.78, 5) is 24.8. The molecule has 2 N–H and O–H groups in total. The highest BCUT2D eigenvalue weighted by atomic mass is 19.3. The largest absolute Gasteiger partial charge is 0.365 e. The number of nitrogens with zero attached hydrogens (tertiary/aromatic N) is 3. The summed E-state index contributed by atoms with van der Waals surface area (Å²) < 4.78 is 38.3. The van der Waals surface area contributed by atoms with E-state index in [0.29, 0.717) is 41.7 Å². The molecule has 4 fully saturated rings. The summed E-state index contributed by atoms with van der Waals surface area (Å²) in [6, 6.07) is 4.88. The lowest BCUT2D eigenvalue weighted by Crippen LogP contribution is -2.61. The number of amides is 1. The standard InChI is InChI=1S/C26H33F2N5O3/c1-16-18(4-3-5-19(16)23(27)28)15-29-24-22(25-35-12-13-36-25)20(30-17(2)31-24)14-21(34)32-26-6-9-33(10-7-26)11-8-26/h3-5,23,25H,6-15H2,1-2H3,(H,32,34)(H,29,30,31). The van der Waals surface area contributed by atoms with E-state index in [1.165, 1.54) is 6.07 Å². The van der Waals surface area contributed by atoms with E-state index in [9.17, 15) is 13.6 Å². The van der Waals surface area contributed by atoms with Crippen molar-refractivity contribution in [3.8, 4) is 0 Å². The SMILES string of the molecule is Cc1nc(CC(=O)NC23CCN(CC2)CC3)c(C2OCCO2)c(NCc2cccc(C(F)F)c2C)n1. The highest BCUT2D eigenvalue weighted by Gasteiger charge is 2.40. The Labute approximate surface area is 209 Å². The summed E-state index contributed by atoms with van der Waals surface area (Å²) in [5.74, 6) is 0.918. The van der Waals surface area contributed by atoms with Crippen LogP contribution in [0.15, 0.2) is 18.2 Å². The molecule has 1 aromatic heterocycles. The van der Waals surface area contributed by atoms with Crippen LogP contribution in [-0.4, -0.2) is 59.2 Å². The fourth-order valence-corrected chi connectivity index (χ4v) is 5.50. The van der Waals surface area contributed by atoms with E-state index in [1.54, 1.807) is 19.9 Å². The molecule has 2 bridgehead atoms. The molecule has 6 rings (SSSR count). The van der Waals surface area contributed by atoms with Crippen LogP contribution in [0.2, 0.25) is 0 Å². The number of hydrogen-bond donors (Lipinski definition) is 2. The van der Waals surface area contributed by atoms with Crippen molar-refractivity contribution in [1.29, 1.82) is 0 Å². The van der Waals surface area contributed by atoms with Crippen molar-refractivity contribution in [1.82, 2.24) is 20.2 Å². The molecule has 0 aliphatic carbocycles. The number of carbonyl (C=O) groups is 1. The number of carbonyl (C=O) groups excluding carboxylic acids is 1. The van der Waals surface area contributed by atoms with E-state index in [-0.39, 0.29) is 30.0 Å². The Hall–Kier alpha value is -2.69. The molecule has 4 aliphatic heterocycles. The minimum absolute atomic E-state index is 0.0149. The molecular formula is C26H33F2N5O3. The van der Waals surface area contributed by atoms with Crippen molar-refractivity contribution in [3.63, 3.8) is 0 Å². The Morgan fingerprint density at radius 2 is 1.83 bits per heavy atom. The number of piperidine rings is 3. The van der Waals surface area contributed by atoms with Crippen LogP contribution < -0.4 is 10.6 Å². The molecule has 0 atom stereocenters. The van der Waals surface area contributed by atoms with Crippen molar-refractivity contribution in [2.24, 2.45) is 0 Å². The molecule has 10 heteroatoms. The highest BCUT2D eigenvalue weighted by molar-refractivity contribution is 5.80. The van der Waals surface area contributed by atoms with Gasteiger partial charge in [-0.1, -0.05) is 18.2 Å². The molecule has 4 aliphatic rings. The lowest BCUT2D eigenvalue weighted by Gasteiger charge is -2.48. The topological polar surface area (TPSA) is 88.6 Å². The summed E-state index contributed by atoms with van der Waals surface area (Å²) in [7, 11) is 0. The Balaban J connectivity index is 1.39. The zero-order valence-electron chi connectivity index (χ0n) is 20.8. The first-order valence-corrected chi connectivity index (χ1v) is 12.6. The van der Waals surface area contributed by atoms with Crippen molar-refractivity contribution < 1.29 is 23.0 Å². The molecule has 0 unspecified atom stereocenters. The predicted octanol–water partition coefficient (Wildman–Crippen LogP) is 3.59. The summed E-state index contributed by atoms with van der Waals surface area (Å²) in [6.45, 7) is 7.65. The van der Waals surface area contributed by atoms with Crippen LogP contribution in [0.5, 0.6) is 0 Å². The second kappa shape index (κ2) is 10.4. The fraction of sp³-hybridized carbons (Fsp3) is 0.577. The Morgan fingerprint density at radius 1 is 1.14 bits per heavy atom. The molecule has 5 heterocycles. The molecule has 0 radical (unpaired) electrons. The molecule has 8 nitrogen and oxygen atoms in total. The van der Waals surface area contributed by atoms with Gasteiger partial charge in [-0.2, -0.15) is 0 Å². The second-order valence-electron chi connectivity index (χ2n) is 9.94. The quantitative estimate of drug-likeness (QED) is 0.572. The van der Waals surface area contributed by atoms with Crippen molar-refractivity contribution in [2.45, 2.75) is 64.3 Å². The van der Waals surface area contributed by atoms with E-state index < -0.39 is 12.7 Å². The number of benzene rings is 1. The van der Waals surface area contributed by atoms with Gasteiger partial charge < -0.3 is 25.0 Å². The molecule has 36 heavy (non-hydrogen) atoms. The van der Waals surface area contributed by atoms with Crippen LogP contribution in [0.1, 0.15) is 65.8 Å². The van der Waals surface area contributed by atoms with Crippen LogP contribution in [0.3, 0.4) is 0 Å². The van der Waals surface area contributed by atoms with Crippen LogP contribution in [0.4, 0.5) is 14.6 Å². The number of halogens is 2. The number of fused-ring (bicyclic) bond motifs is 3. The van der Waals surface area contributed by atoms with Gasteiger partial charge in [0.1, 0.15) is 11.6 Å². The Morgan fingerprint density at radius 3 is 2.50 bits per heavy atom. The maximum Gasteiger partial charge on any atom is 0.264 e. The van der Waals surface area contributed by atoms with E-state index in [2.05, 4.69) is 25.5 Å². The summed E-state index contributed by atoms with van der Waals surface area (Å²) in [6.07, 6.45) is -0.251. The van der Waals surface area contributed by atoms with Crippen LogP contribution in [-0.2, 0) is 27.2 Å². The average Bonchev–Trinajstić information content (AvgIpc) is 3.38. The maximum atomic E-state index is 13.4. The number of aryl methyl sites for hydroxylation is 1. The number of aromatic nitrogens is 2. The minimum atomic E-state index is -2.54. The number of alkyl halides is 2. The monoisotopic (exact) mass is 501 g/mol. The second-order valence-corrected chi connectivity index (χ2v) is 9.94. The third kappa shape index (κ3) is 5.21. The number of nitrogens with one attached hydrogen (secondary N) is 2. The predicted molar refractivity (Wildman–Crippen MR) is 130 cm³/mol. The Bertz CT molecular complexity index is 1100. The van der Waals surface area contributed by atoms with Crippen LogP contribution >= 0.6 is 0 Å². The average molecular weight is 502 g/mol. The van der Waals surface area contributed by atoms with Gasteiger partial charge in [0, 0.05) is 37.3 Å². The number of anilines is 1. The van der Waals surface area contributed by atoms with E-state index in [4.69, 9.17) is 9.47 Å². The minimum Gasteiger partial charge on any atom is -0.365 e. The van der Waals surface area contributed by atoms with Gasteiger partial charge in [0.15, 0.2) is 6.29 Å². The third-order valence-corrected chi connectivity index (χ3v) is 7.62. The van der Waals surface area contributed by atoms with E-state index in [0.717, 1.165) is 44.5 Å². The molecule has 1 amide bonds. The van der Waals surface area contributed by atoms with Gasteiger partial charge in [-0.05, 0) is 44.2 Å². The normalized spacial score (nSPS) is 23.9. The maximum absolute atomic E-state index is 13.4. The fourth-order valence-electron chi connectivity index (χ4n) is 5.50. The number of hydrogen-bond acceptors (Lipinski definition) is 7. The van der Waals surface area contributed by atoms with Crippen LogP contribution in [0.25, 0.3) is 0 Å². The van der Waals surface area contributed by atoms with E-state index >= 15 is 0 Å². The van der Waals surface area contributed by atoms with Gasteiger partial charge in [-0.3, -0.25) is 4.79 Å². The molecule has 0 spiro atoms. The van der Waals surface area contributed by atoms with Gasteiger partial charge in [0.2, 0.25) is 5.91 Å². The van der Waals surface area contributed by atoms with Crippen molar-refractivity contribution in [2.75, 3.05) is 38.2 Å². The van der Waals surface area contributed by atoms with Crippen LogP contribution in [0, 0.1) is 13.8 Å². The molecule has 1 aromatic carbocycles. The Kier molecular flexibility index (Phi) is 7.18. The van der Waals surface area contributed by atoms with Gasteiger partial charge in [-0.15, -0.1) is 0 Å². The molecule has 194 valence electrons. The van der Waals surface area contributed by atoms with Gasteiger partial charge in [0.25, 0.3) is 6.43 Å². The van der Waals surface area contributed by atoms with Gasteiger partial charge in [-0.25, -0.2) is 18.7 Å². The third-order valence-electron chi connectivity index (χ3n) is 7.62. The van der Waals surface area contributed by atoms with Gasteiger partial charge >= 0.3 is 0 Å². The van der Waals surface area contributed by atoms with Gasteiger partial charge in [0.05, 0.1) is 30.9 Å². The first-order valence-electron chi connectivity index (χ1n) is 12.6. The molecule has 2 aromatic rings. The van der Waals surface area contributed by atoms with E-state index in [1.807, 2.05) is 6.07 Å².